The lowest BCUT2D eigenvalue weighted by molar-refractivity contribution is -0.142. The van der Waals surface area contributed by atoms with Crippen LogP contribution in [0.25, 0.3) is 0 Å². The Kier molecular flexibility index (Phi) is 5.42. The highest BCUT2D eigenvalue weighted by molar-refractivity contribution is 5.69. The van der Waals surface area contributed by atoms with E-state index in [1.807, 2.05) is 0 Å². The molecule has 1 aromatic rings. The van der Waals surface area contributed by atoms with Crippen molar-refractivity contribution in [1.29, 1.82) is 0 Å². The summed E-state index contributed by atoms with van der Waals surface area (Å²) in [6.45, 7) is 0.210. The van der Waals surface area contributed by atoms with Crippen molar-refractivity contribution in [2.45, 2.75) is 18.9 Å². The molecule has 0 spiro atoms. The number of aliphatic hydroxyl groups is 1. The van der Waals surface area contributed by atoms with Crippen LogP contribution < -0.4 is 4.74 Å². The molecular weight excluding hydrogens is 227 g/mol. The molecule has 1 N–H and O–H groups in total. The summed E-state index contributed by atoms with van der Waals surface area (Å²) in [6, 6.07) is 5.73. The first-order valence-electron chi connectivity index (χ1n) is 5.25. The number of carbonyl (C=O) groups excluding carboxylic acids is 1. The number of halogens is 1. The van der Waals surface area contributed by atoms with Crippen LogP contribution in [-0.4, -0.2) is 30.9 Å². The van der Waals surface area contributed by atoms with Gasteiger partial charge < -0.3 is 14.6 Å². The predicted molar refractivity (Wildman–Crippen MR) is 59.2 cm³/mol. The smallest absolute Gasteiger partial charge is 0.308 e. The van der Waals surface area contributed by atoms with Crippen molar-refractivity contribution in [1.82, 2.24) is 0 Å². The molecule has 0 radical (unpaired) electrons. The monoisotopic (exact) mass is 242 g/mol. The minimum atomic E-state index is -0.809. The molecule has 0 fully saturated rings. The van der Waals surface area contributed by atoms with Crippen LogP contribution in [0.2, 0.25) is 0 Å². The van der Waals surface area contributed by atoms with Gasteiger partial charge in [0.15, 0.2) is 0 Å². The summed E-state index contributed by atoms with van der Waals surface area (Å²) in [5.41, 5.74) is 0. The summed E-state index contributed by atoms with van der Waals surface area (Å²) in [5, 5.41) is 9.43. The maximum absolute atomic E-state index is 12.8. The van der Waals surface area contributed by atoms with E-state index in [1.165, 1.54) is 25.3 Å². The van der Waals surface area contributed by atoms with E-state index in [9.17, 15) is 14.3 Å². The van der Waals surface area contributed by atoms with Gasteiger partial charge in [0.2, 0.25) is 0 Å². The molecule has 0 bridgehead atoms. The normalized spacial score (nSPS) is 11.9. The molecule has 94 valence electrons. The molecule has 0 aliphatic heterocycles. The van der Waals surface area contributed by atoms with E-state index in [-0.39, 0.29) is 25.3 Å². The summed E-state index contributed by atoms with van der Waals surface area (Å²) in [4.78, 5) is 10.8. The third-order valence-electron chi connectivity index (χ3n) is 2.15. The Morgan fingerprint density at radius 1 is 1.53 bits per heavy atom. The predicted octanol–water partition coefficient (Wildman–Crippen LogP) is 1.52. The first kappa shape index (κ1) is 13.4. The lowest BCUT2D eigenvalue weighted by atomic mass is 10.2. The fraction of sp³-hybridized carbons (Fsp3) is 0.417. The van der Waals surface area contributed by atoms with Crippen LogP contribution in [0, 0.1) is 5.82 Å². The summed E-state index contributed by atoms with van der Waals surface area (Å²) in [6.07, 6.45) is -0.592. The average Bonchev–Trinajstić information content (AvgIpc) is 2.29. The van der Waals surface area contributed by atoms with Crippen molar-refractivity contribution in [3.63, 3.8) is 0 Å². The fourth-order valence-corrected chi connectivity index (χ4v) is 1.25. The topological polar surface area (TPSA) is 55.8 Å². The van der Waals surface area contributed by atoms with Gasteiger partial charge in [0.25, 0.3) is 0 Å². The Balaban J connectivity index is 2.25. The third-order valence-corrected chi connectivity index (χ3v) is 2.15. The van der Waals surface area contributed by atoms with E-state index >= 15 is 0 Å². The van der Waals surface area contributed by atoms with Gasteiger partial charge in [-0.1, -0.05) is 6.07 Å². The lowest BCUT2D eigenvalue weighted by Crippen LogP contribution is -2.17. The molecule has 1 rings (SSSR count). The molecule has 1 atom stereocenters. The van der Waals surface area contributed by atoms with Crippen molar-refractivity contribution in [2.24, 2.45) is 0 Å². The molecule has 4 nitrogen and oxygen atoms in total. The van der Waals surface area contributed by atoms with Gasteiger partial charge in [-0.25, -0.2) is 4.39 Å². The number of hydrogen-bond donors (Lipinski definition) is 1. The standard InChI is InChI=1S/C12H15FO4/c1-16-12(15)8-10(14)5-6-17-11-4-2-3-9(13)7-11/h2-4,7,10,14H,5-6,8H2,1H3. The molecule has 5 heteroatoms. The highest BCUT2D eigenvalue weighted by Gasteiger charge is 2.10. The zero-order chi connectivity index (χ0) is 12.7. The van der Waals surface area contributed by atoms with Crippen molar-refractivity contribution in [3.05, 3.63) is 30.1 Å². The third kappa shape index (κ3) is 5.31. The van der Waals surface area contributed by atoms with Gasteiger partial charge in [-0.2, -0.15) is 0 Å². The van der Waals surface area contributed by atoms with Crippen LogP contribution in [0.4, 0.5) is 4.39 Å². The summed E-state index contributed by atoms with van der Waals surface area (Å²) in [5.74, 6) is -0.448. The number of hydrogen-bond acceptors (Lipinski definition) is 4. The van der Waals surface area contributed by atoms with Crippen LogP contribution in [0.5, 0.6) is 5.75 Å². The maximum Gasteiger partial charge on any atom is 0.308 e. The number of rotatable bonds is 6. The van der Waals surface area contributed by atoms with Gasteiger partial charge in [0.05, 0.1) is 26.2 Å². The van der Waals surface area contributed by atoms with Gasteiger partial charge in [0, 0.05) is 12.5 Å². The van der Waals surface area contributed by atoms with Gasteiger partial charge in [-0.05, 0) is 12.1 Å². The number of carbonyl (C=O) groups is 1. The Morgan fingerprint density at radius 3 is 2.94 bits per heavy atom. The maximum atomic E-state index is 12.8. The van der Waals surface area contributed by atoms with Crippen molar-refractivity contribution >= 4 is 5.97 Å². The first-order chi connectivity index (χ1) is 8.11. The SMILES string of the molecule is COC(=O)CC(O)CCOc1cccc(F)c1. The van der Waals surface area contributed by atoms with Gasteiger partial charge in [-0.3, -0.25) is 4.79 Å². The highest BCUT2D eigenvalue weighted by atomic mass is 19.1. The molecular formula is C12H15FO4. The van der Waals surface area contributed by atoms with E-state index in [2.05, 4.69) is 4.74 Å². The van der Waals surface area contributed by atoms with Crippen molar-refractivity contribution in [3.8, 4) is 5.75 Å². The largest absolute Gasteiger partial charge is 0.493 e. The van der Waals surface area contributed by atoms with Gasteiger partial charge in [-0.15, -0.1) is 0 Å². The molecule has 0 aliphatic carbocycles. The Labute approximate surface area is 99.0 Å². The number of aliphatic hydroxyl groups excluding tert-OH is 1. The van der Waals surface area contributed by atoms with E-state index in [1.54, 1.807) is 6.07 Å². The Morgan fingerprint density at radius 2 is 2.29 bits per heavy atom. The molecule has 17 heavy (non-hydrogen) atoms. The minimum absolute atomic E-state index is 0.0665. The number of ether oxygens (including phenoxy) is 2. The molecule has 1 unspecified atom stereocenters. The van der Waals surface area contributed by atoms with Crippen LogP contribution >= 0.6 is 0 Å². The summed E-state index contributed by atoms with van der Waals surface area (Å²) in [7, 11) is 1.26. The number of methoxy groups -OCH3 is 1. The highest BCUT2D eigenvalue weighted by Crippen LogP contribution is 2.12. The molecule has 0 aliphatic rings. The molecule has 0 aromatic heterocycles. The van der Waals surface area contributed by atoms with E-state index < -0.39 is 12.1 Å². The average molecular weight is 242 g/mol. The molecule has 0 saturated carbocycles. The van der Waals surface area contributed by atoms with Gasteiger partial charge >= 0.3 is 5.97 Å². The minimum Gasteiger partial charge on any atom is -0.493 e. The van der Waals surface area contributed by atoms with Crippen LogP contribution in [0.15, 0.2) is 24.3 Å². The molecule has 0 saturated heterocycles. The summed E-state index contributed by atoms with van der Waals surface area (Å²) >= 11 is 0. The Hall–Kier alpha value is -1.62. The Bertz CT molecular complexity index is 367. The fourth-order valence-electron chi connectivity index (χ4n) is 1.25. The number of esters is 1. The number of benzene rings is 1. The summed E-state index contributed by atoms with van der Waals surface area (Å²) < 4.78 is 22.4. The van der Waals surface area contributed by atoms with Crippen LogP contribution in [0.3, 0.4) is 0 Å². The first-order valence-corrected chi connectivity index (χ1v) is 5.25. The zero-order valence-corrected chi connectivity index (χ0v) is 9.56. The zero-order valence-electron chi connectivity index (χ0n) is 9.56. The second-order valence-electron chi connectivity index (χ2n) is 3.53. The van der Waals surface area contributed by atoms with Crippen LogP contribution in [-0.2, 0) is 9.53 Å². The second kappa shape index (κ2) is 6.85. The van der Waals surface area contributed by atoms with Crippen molar-refractivity contribution in [2.75, 3.05) is 13.7 Å². The lowest BCUT2D eigenvalue weighted by Gasteiger charge is -2.10. The quantitative estimate of drug-likeness (QED) is 0.768. The molecule has 1 aromatic carbocycles. The molecule has 0 amide bonds. The molecule has 0 heterocycles. The van der Waals surface area contributed by atoms with E-state index in [4.69, 9.17) is 4.74 Å². The van der Waals surface area contributed by atoms with Crippen LogP contribution in [0.1, 0.15) is 12.8 Å². The van der Waals surface area contributed by atoms with E-state index in [0.29, 0.717) is 5.75 Å². The second-order valence-corrected chi connectivity index (χ2v) is 3.53. The van der Waals surface area contributed by atoms with Crippen molar-refractivity contribution < 1.29 is 23.8 Å². The van der Waals surface area contributed by atoms with Gasteiger partial charge in [0.1, 0.15) is 11.6 Å². The van der Waals surface area contributed by atoms with E-state index in [0.717, 1.165) is 0 Å².